The summed E-state index contributed by atoms with van der Waals surface area (Å²) in [7, 11) is 0. The maximum Gasteiger partial charge on any atom is 0.248 e. The maximum absolute atomic E-state index is 14.2. The van der Waals surface area contributed by atoms with Crippen molar-refractivity contribution in [1.82, 2.24) is 25.0 Å². The summed E-state index contributed by atoms with van der Waals surface area (Å²) in [5.74, 6) is -7.52. The number of aromatic nitrogens is 5. The molecule has 3 heterocycles. The topological polar surface area (TPSA) is 147 Å². The molecule has 6 atom stereocenters. The van der Waals surface area contributed by atoms with Crippen molar-refractivity contribution in [2.75, 3.05) is 6.61 Å². The van der Waals surface area contributed by atoms with Crippen LogP contribution >= 0.6 is 11.8 Å². The van der Waals surface area contributed by atoms with Crippen molar-refractivity contribution in [3.05, 3.63) is 58.6 Å². The van der Waals surface area contributed by atoms with Gasteiger partial charge in [0.15, 0.2) is 17.5 Å². The summed E-state index contributed by atoms with van der Waals surface area (Å²) in [6, 6.07) is 0.0998. The number of aliphatic hydroxyl groups is 4. The predicted octanol–water partition coefficient (Wildman–Crippen LogP) is 3.47. The SMILES string of the molecule is Cc1nc(C)c([C@H](S[C@@H]2O[C@H](CO)[C@H](O)[C@H](n3cc(-c4cc(F)c(F)c(F)c4)nn3)[C@H]2O)C2(O)CCC(F)(F)CC2)nc1C. The fourth-order valence-corrected chi connectivity index (χ4v) is 7.26. The number of alkyl halides is 2. The number of ether oxygens (including phenoxy) is 1. The Morgan fingerprint density at radius 2 is 1.59 bits per heavy atom. The standard InChI is InChI=1S/C28H32F5N5O5S/c1-12-13(2)35-21(14(3)34-12)25(27(42)4-6-28(32,33)7-5-27)44-26-24(41)22(23(40)19(11-39)43-26)38-10-18(36-37-38)15-8-16(29)20(31)17(30)9-15/h8-10,19,22-26,39-42H,4-7,11H2,1-3H3/t19-,22+,23+,24-,25+,26+/m1/s1. The molecule has 0 spiro atoms. The maximum atomic E-state index is 14.2. The van der Waals surface area contributed by atoms with Crippen LogP contribution in [0, 0.1) is 38.2 Å². The van der Waals surface area contributed by atoms with Gasteiger partial charge < -0.3 is 25.2 Å². The zero-order valence-electron chi connectivity index (χ0n) is 24.0. The molecule has 1 aliphatic heterocycles. The molecule has 1 aromatic carbocycles. The van der Waals surface area contributed by atoms with E-state index in [0.717, 1.165) is 16.4 Å². The molecule has 2 aliphatic rings. The fraction of sp³-hybridized carbons (Fsp3) is 0.571. The highest BCUT2D eigenvalue weighted by molar-refractivity contribution is 8.00. The van der Waals surface area contributed by atoms with E-state index in [9.17, 15) is 42.4 Å². The minimum atomic E-state index is -2.95. The lowest BCUT2D eigenvalue weighted by atomic mass is 9.79. The van der Waals surface area contributed by atoms with Gasteiger partial charge in [0.05, 0.1) is 46.4 Å². The summed E-state index contributed by atoms with van der Waals surface area (Å²) in [5.41, 5.74) is -1.29. The van der Waals surface area contributed by atoms with Gasteiger partial charge >= 0.3 is 0 Å². The Bertz CT molecular complexity index is 1500. The molecule has 0 bridgehead atoms. The highest BCUT2D eigenvalue weighted by Crippen LogP contribution is 2.52. The molecule has 3 aromatic rings. The third kappa shape index (κ3) is 6.20. The van der Waals surface area contributed by atoms with Gasteiger partial charge in [-0.05, 0) is 45.7 Å². The molecule has 44 heavy (non-hydrogen) atoms. The first-order chi connectivity index (χ1) is 20.6. The van der Waals surface area contributed by atoms with Crippen LogP contribution in [0.3, 0.4) is 0 Å². The summed E-state index contributed by atoms with van der Waals surface area (Å²) in [5, 5.41) is 51.1. The van der Waals surface area contributed by atoms with E-state index in [1.807, 2.05) is 0 Å². The smallest absolute Gasteiger partial charge is 0.248 e. The average molecular weight is 646 g/mol. The zero-order chi connectivity index (χ0) is 32.1. The first-order valence-electron chi connectivity index (χ1n) is 13.9. The van der Waals surface area contributed by atoms with Crippen LogP contribution < -0.4 is 0 Å². The van der Waals surface area contributed by atoms with Gasteiger partial charge in [-0.2, -0.15) is 0 Å². The second-order valence-corrected chi connectivity index (χ2v) is 12.6. The van der Waals surface area contributed by atoms with E-state index in [2.05, 4.69) is 20.3 Å². The Morgan fingerprint density at radius 1 is 0.977 bits per heavy atom. The minimum Gasteiger partial charge on any atom is -0.394 e. The van der Waals surface area contributed by atoms with E-state index < -0.39 is 83.5 Å². The number of hydrogen-bond donors (Lipinski definition) is 4. The van der Waals surface area contributed by atoms with Crippen molar-refractivity contribution in [2.24, 2.45) is 0 Å². The zero-order valence-corrected chi connectivity index (χ0v) is 24.8. The summed E-state index contributed by atoms with van der Waals surface area (Å²) in [6.45, 7) is 4.45. The molecule has 1 aliphatic carbocycles. The van der Waals surface area contributed by atoms with Gasteiger partial charge in [-0.15, -0.1) is 16.9 Å². The number of benzene rings is 1. The van der Waals surface area contributed by atoms with Gasteiger partial charge in [-0.3, -0.25) is 9.97 Å². The minimum absolute atomic E-state index is 0.102. The molecule has 1 saturated carbocycles. The van der Waals surface area contributed by atoms with Crippen LogP contribution in [-0.2, 0) is 4.74 Å². The highest BCUT2D eigenvalue weighted by atomic mass is 32.2. The number of hydrogen-bond acceptors (Lipinski definition) is 10. The van der Waals surface area contributed by atoms with Crippen LogP contribution in [-0.4, -0.2) is 87.3 Å². The first-order valence-corrected chi connectivity index (χ1v) is 14.8. The molecule has 16 heteroatoms. The van der Waals surface area contributed by atoms with Gasteiger partial charge in [0.1, 0.15) is 35.5 Å². The molecule has 2 fully saturated rings. The van der Waals surface area contributed by atoms with Crippen LogP contribution in [0.4, 0.5) is 22.0 Å². The van der Waals surface area contributed by atoms with Crippen LogP contribution in [0.15, 0.2) is 18.3 Å². The van der Waals surface area contributed by atoms with Gasteiger partial charge in [-0.25, -0.2) is 26.6 Å². The number of halogens is 5. The second-order valence-electron chi connectivity index (χ2n) is 11.4. The van der Waals surface area contributed by atoms with Crippen LogP contribution in [0.2, 0.25) is 0 Å². The van der Waals surface area contributed by atoms with Gasteiger partial charge in [0.25, 0.3) is 0 Å². The lowest BCUT2D eigenvalue weighted by Gasteiger charge is -2.46. The third-order valence-electron chi connectivity index (χ3n) is 8.32. The summed E-state index contributed by atoms with van der Waals surface area (Å²) >= 11 is 0.895. The Hall–Kier alpha value is -2.76. The van der Waals surface area contributed by atoms with E-state index in [0.29, 0.717) is 34.9 Å². The van der Waals surface area contributed by atoms with Crippen molar-refractivity contribution in [1.29, 1.82) is 0 Å². The van der Waals surface area contributed by atoms with Crippen LogP contribution in [0.25, 0.3) is 11.3 Å². The molecular weight excluding hydrogens is 613 g/mol. The highest BCUT2D eigenvalue weighted by Gasteiger charge is 2.52. The summed E-state index contributed by atoms with van der Waals surface area (Å²) in [4.78, 5) is 9.12. The number of thioether (sulfide) groups is 1. The largest absolute Gasteiger partial charge is 0.394 e. The fourth-order valence-electron chi connectivity index (χ4n) is 5.62. The van der Waals surface area contributed by atoms with E-state index in [1.165, 1.54) is 6.20 Å². The average Bonchev–Trinajstić information content (AvgIpc) is 3.45. The van der Waals surface area contributed by atoms with E-state index in [4.69, 9.17) is 4.74 Å². The molecule has 0 amide bonds. The quantitative estimate of drug-likeness (QED) is 0.223. The monoisotopic (exact) mass is 645 g/mol. The van der Waals surface area contributed by atoms with E-state index in [-0.39, 0.29) is 24.1 Å². The van der Waals surface area contributed by atoms with Crippen molar-refractivity contribution < 1.29 is 47.1 Å². The molecule has 0 radical (unpaired) electrons. The number of rotatable bonds is 7. The molecule has 2 aromatic heterocycles. The van der Waals surface area contributed by atoms with Crippen molar-refractivity contribution in [3.63, 3.8) is 0 Å². The summed E-state index contributed by atoms with van der Waals surface area (Å²) < 4.78 is 76.4. The molecular formula is C28H32F5N5O5S. The predicted molar refractivity (Wildman–Crippen MR) is 147 cm³/mol. The Kier molecular flexibility index (Phi) is 9.05. The first kappa shape index (κ1) is 32.6. The lowest BCUT2D eigenvalue weighted by molar-refractivity contribution is -0.179. The van der Waals surface area contributed by atoms with Gasteiger partial charge in [0.2, 0.25) is 5.92 Å². The van der Waals surface area contributed by atoms with Crippen molar-refractivity contribution in [3.8, 4) is 11.3 Å². The Morgan fingerprint density at radius 3 is 2.20 bits per heavy atom. The summed E-state index contributed by atoms with van der Waals surface area (Å²) in [6.07, 6.45) is -4.93. The molecule has 1 saturated heterocycles. The van der Waals surface area contributed by atoms with E-state index in [1.54, 1.807) is 20.8 Å². The Balaban J connectivity index is 1.50. The number of aryl methyl sites for hydroxylation is 3. The third-order valence-corrected chi connectivity index (χ3v) is 9.91. The molecule has 4 N–H and O–H groups in total. The van der Waals surface area contributed by atoms with Crippen molar-refractivity contribution in [2.45, 2.75) is 93.0 Å². The van der Waals surface area contributed by atoms with Crippen LogP contribution in [0.5, 0.6) is 0 Å². The van der Waals surface area contributed by atoms with Gasteiger partial charge in [-0.1, -0.05) is 5.21 Å². The van der Waals surface area contributed by atoms with Crippen molar-refractivity contribution >= 4 is 11.8 Å². The lowest BCUT2D eigenvalue weighted by Crippen LogP contribution is -2.55. The molecule has 5 rings (SSSR count). The van der Waals surface area contributed by atoms with Gasteiger partial charge in [0, 0.05) is 18.4 Å². The molecule has 10 nitrogen and oxygen atoms in total. The normalized spacial score (nSPS) is 27.3. The second kappa shape index (κ2) is 12.2. The Labute approximate surface area is 253 Å². The number of nitrogens with zero attached hydrogens (tertiary/aromatic N) is 5. The molecule has 0 unspecified atom stereocenters. The number of aliphatic hydroxyl groups excluding tert-OH is 3. The molecule has 240 valence electrons. The van der Waals surface area contributed by atoms with Crippen LogP contribution in [0.1, 0.15) is 59.8 Å². The van der Waals surface area contributed by atoms with E-state index >= 15 is 0 Å².